The fraction of sp³-hybridized carbons (Fsp3) is 0.100. The standard InChI is InChI=1S/C13H14N2O2S.C6H6.CH5N/c14-12-6-8-13(9-7-12)18(16,17)15-10-11-4-2-1-3-5-11;1-2-4-6-5-3-1;1-2/h1-9,15H,10,14H2;1-6H;2H2,1H3. The van der Waals surface area contributed by atoms with Crippen molar-refractivity contribution in [2.75, 3.05) is 12.8 Å². The molecule has 0 aliphatic rings. The van der Waals surface area contributed by atoms with Crippen LogP contribution in [0.1, 0.15) is 5.56 Å². The molecule has 0 amide bonds. The van der Waals surface area contributed by atoms with E-state index in [4.69, 9.17) is 5.73 Å². The second-order valence-corrected chi connectivity index (χ2v) is 6.80. The van der Waals surface area contributed by atoms with Crippen molar-refractivity contribution in [1.82, 2.24) is 4.72 Å². The van der Waals surface area contributed by atoms with Crippen LogP contribution < -0.4 is 16.2 Å². The first-order valence-electron chi connectivity index (χ1n) is 8.05. The van der Waals surface area contributed by atoms with E-state index in [0.29, 0.717) is 5.69 Å². The van der Waals surface area contributed by atoms with Gasteiger partial charge < -0.3 is 11.5 Å². The highest BCUT2D eigenvalue weighted by Gasteiger charge is 2.12. The van der Waals surface area contributed by atoms with Crippen molar-refractivity contribution in [3.8, 4) is 0 Å². The first-order chi connectivity index (χ1) is 12.6. The Morgan fingerprint density at radius 1 is 0.731 bits per heavy atom. The van der Waals surface area contributed by atoms with E-state index < -0.39 is 10.0 Å². The lowest BCUT2D eigenvalue weighted by Gasteiger charge is -2.07. The molecule has 3 rings (SSSR count). The molecule has 0 aliphatic heterocycles. The molecule has 0 saturated heterocycles. The Bertz CT molecular complexity index is 795. The first kappa shape index (κ1) is 21.4. The summed E-state index contributed by atoms with van der Waals surface area (Å²) in [4.78, 5) is 0.215. The number of nitrogens with one attached hydrogen (secondary N) is 1. The fourth-order valence-electron chi connectivity index (χ4n) is 1.89. The Morgan fingerprint density at radius 2 is 1.15 bits per heavy atom. The molecule has 0 spiro atoms. The Balaban J connectivity index is 0.000000353. The number of anilines is 1. The third-order valence-corrected chi connectivity index (χ3v) is 4.58. The summed E-state index contributed by atoms with van der Waals surface area (Å²) in [5, 5.41) is 0. The normalized spacial score (nSPS) is 9.92. The largest absolute Gasteiger partial charge is 0.399 e. The number of benzene rings is 3. The van der Waals surface area contributed by atoms with Gasteiger partial charge in [0.1, 0.15) is 0 Å². The van der Waals surface area contributed by atoms with E-state index in [1.54, 1.807) is 12.1 Å². The van der Waals surface area contributed by atoms with E-state index in [1.165, 1.54) is 19.2 Å². The number of hydrogen-bond acceptors (Lipinski definition) is 4. The van der Waals surface area contributed by atoms with Gasteiger partial charge in [-0.15, -0.1) is 0 Å². The second kappa shape index (κ2) is 11.8. The summed E-state index contributed by atoms with van der Waals surface area (Å²) in [6.45, 7) is 0.271. The highest BCUT2D eigenvalue weighted by molar-refractivity contribution is 7.89. The van der Waals surface area contributed by atoms with Gasteiger partial charge in [-0.3, -0.25) is 0 Å². The van der Waals surface area contributed by atoms with Crippen LogP contribution in [0.3, 0.4) is 0 Å². The van der Waals surface area contributed by atoms with E-state index >= 15 is 0 Å². The first-order valence-corrected chi connectivity index (χ1v) is 9.53. The molecule has 0 unspecified atom stereocenters. The van der Waals surface area contributed by atoms with Crippen LogP contribution in [0.15, 0.2) is 95.9 Å². The molecule has 0 atom stereocenters. The van der Waals surface area contributed by atoms with Gasteiger partial charge in [-0.05, 0) is 36.9 Å². The van der Waals surface area contributed by atoms with Crippen molar-refractivity contribution < 1.29 is 8.42 Å². The number of rotatable bonds is 4. The minimum absolute atomic E-state index is 0.215. The van der Waals surface area contributed by atoms with Crippen molar-refractivity contribution in [2.24, 2.45) is 5.73 Å². The maximum absolute atomic E-state index is 12.0. The molecule has 138 valence electrons. The molecule has 0 radical (unpaired) electrons. The Labute approximate surface area is 155 Å². The lowest BCUT2D eigenvalue weighted by molar-refractivity contribution is 0.581. The quantitative estimate of drug-likeness (QED) is 0.614. The minimum atomic E-state index is -3.48. The molecule has 3 aromatic carbocycles. The van der Waals surface area contributed by atoms with Crippen LogP contribution in [-0.4, -0.2) is 15.5 Å². The van der Waals surface area contributed by atoms with Crippen molar-refractivity contribution in [3.63, 3.8) is 0 Å². The SMILES string of the molecule is CN.Nc1ccc(S(=O)(=O)NCc2ccccc2)cc1.c1ccccc1. The van der Waals surface area contributed by atoms with Gasteiger partial charge in [0.15, 0.2) is 0 Å². The topological polar surface area (TPSA) is 98.2 Å². The van der Waals surface area contributed by atoms with Crippen LogP contribution in [0.2, 0.25) is 0 Å². The maximum Gasteiger partial charge on any atom is 0.240 e. The highest BCUT2D eigenvalue weighted by Crippen LogP contribution is 2.12. The summed E-state index contributed by atoms with van der Waals surface area (Å²) >= 11 is 0. The maximum atomic E-state index is 12.0. The number of nitrogens with two attached hydrogens (primary N) is 2. The molecule has 6 heteroatoms. The van der Waals surface area contributed by atoms with Crippen molar-refractivity contribution in [2.45, 2.75) is 11.4 Å². The third-order valence-electron chi connectivity index (χ3n) is 3.17. The Kier molecular flexibility index (Phi) is 9.71. The summed E-state index contributed by atoms with van der Waals surface area (Å²) in [5.41, 5.74) is 11.5. The summed E-state index contributed by atoms with van der Waals surface area (Å²) < 4.78 is 26.5. The Hall–Kier alpha value is -2.67. The lowest BCUT2D eigenvalue weighted by atomic mass is 10.2. The van der Waals surface area contributed by atoms with Gasteiger partial charge in [0.05, 0.1) is 4.90 Å². The zero-order valence-electron chi connectivity index (χ0n) is 14.7. The van der Waals surface area contributed by atoms with E-state index in [0.717, 1.165) is 5.56 Å². The summed E-state index contributed by atoms with van der Waals surface area (Å²) in [5.74, 6) is 0. The minimum Gasteiger partial charge on any atom is -0.399 e. The molecule has 0 aliphatic carbocycles. The van der Waals surface area contributed by atoms with Gasteiger partial charge in [0.25, 0.3) is 0 Å². The lowest BCUT2D eigenvalue weighted by Crippen LogP contribution is -2.23. The van der Waals surface area contributed by atoms with Gasteiger partial charge >= 0.3 is 0 Å². The van der Waals surface area contributed by atoms with Crippen molar-refractivity contribution in [3.05, 3.63) is 96.6 Å². The monoisotopic (exact) mass is 371 g/mol. The summed E-state index contributed by atoms with van der Waals surface area (Å²) in [6, 6.07) is 27.5. The number of sulfonamides is 1. The Morgan fingerprint density at radius 3 is 1.62 bits per heavy atom. The molecule has 5 N–H and O–H groups in total. The van der Waals surface area contributed by atoms with Crippen LogP contribution in [0.5, 0.6) is 0 Å². The van der Waals surface area contributed by atoms with Crippen LogP contribution in [0.25, 0.3) is 0 Å². The van der Waals surface area contributed by atoms with Gasteiger partial charge in [-0.1, -0.05) is 66.7 Å². The van der Waals surface area contributed by atoms with Gasteiger partial charge in [0, 0.05) is 12.2 Å². The molecule has 26 heavy (non-hydrogen) atoms. The average molecular weight is 372 g/mol. The molecule has 3 aromatic rings. The zero-order chi connectivity index (χ0) is 19.3. The molecule has 0 bridgehead atoms. The molecule has 5 nitrogen and oxygen atoms in total. The van der Waals surface area contributed by atoms with E-state index in [-0.39, 0.29) is 11.4 Å². The van der Waals surface area contributed by atoms with E-state index in [2.05, 4.69) is 10.5 Å². The molecule has 0 aromatic heterocycles. The fourth-order valence-corrected chi connectivity index (χ4v) is 2.91. The molecule has 0 fully saturated rings. The van der Waals surface area contributed by atoms with Crippen LogP contribution >= 0.6 is 0 Å². The van der Waals surface area contributed by atoms with E-state index in [9.17, 15) is 8.42 Å². The van der Waals surface area contributed by atoms with Gasteiger partial charge in [0.2, 0.25) is 10.0 Å². The predicted octanol–water partition coefficient (Wildman–Crippen LogP) is 3.01. The number of nitrogen functional groups attached to an aromatic ring is 1. The summed E-state index contributed by atoms with van der Waals surface area (Å²) in [6.07, 6.45) is 0. The molecule has 0 saturated carbocycles. The molecular formula is C20H25N3O2S. The van der Waals surface area contributed by atoms with Crippen LogP contribution in [0.4, 0.5) is 5.69 Å². The summed E-state index contributed by atoms with van der Waals surface area (Å²) in [7, 11) is -1.98. The van der Waals surface area contributed by atoms with Gasteiger partial charge in [-0.25, -0.2) is 13.1 Å². The average Bonchev–Trinajstić information content (AvgIpc) is 2.71. The third kappa shape index (κ3) is 7.94. The zero-order valence-corrected chi connectivity index (χ0v) is 15.6. The number of hydrogen-bond donors (Lipinski definition) is 3. The van der Waals surface area contributed by atoms with Crippen LogP contribution in [0, 0.1) is 0 Å². The molecule has 0 heterocycles. The molecular weight excluding hydrogens is 346 g/mol. The van der Waals surface area contributed by atoms with Crippen molar-refractivity contribution in [1.29, 1.82) is 0 Å². The highest BCUT2D eigenvalue weighted by atomic mass is 32.2. The van der Waals surface area contributed by atoms with Gasteiger partial charge in [-0.2, -0.15) is 0 Å². The van der Waals surface area contributed by atoms with Crippen molar-refractivity contribution >= 4 is 15.7 Å². The predicted molar refractivity (Wildman–Crippen MR) is 108 cm³/mol. The van der Waals surface area contributed by atoms with Crippen LogP contribution in [-0.2, 0) is 16.6 Å². The smallest absolute Gasteiger partial charge is 0.240 e. The second-order valence-electron chi connectivity index (χ2n) is 5.03. The van der Waals surface area contributed by atoms with E-state index in [1.807, 2.05) is 66.7 Å².